The molecule has 2 aromatic rings. The molecule has 0 fully saturated rings. The lowest BCUT2D eigenvalue weighted by atomic mass is 9.81. The Hall–Kier alpha value is -1.80. The van der Waals surface area contributed by atoms with E-state index in [-0.39, 0.29) is 5.54 Å². The number of para-hydroxylation sites is 1. The molecule has 2 atom stereocenters. The average Bonchev–Trinajstić information content (AvgIpc) is 3.03. The van der Waals surface area contributed by atoms with Crippen LogP contribution in [-0.4, -0.2) is 6.61 Å². The highest BCUT2D eigenvalue weighted by atomic mass is 16.5. The van der Waals surface area contributed by atoms with Crippen molar-refractivity contribution in [1.82, 2.24) is 0 Å². The van der Waals surface area contributed by atoms with Gasteiger partial charge >= 0.3 is 0 Å². The van der Waals surface area contributed by atoms with Gasteiger partial charge < -0.3 is 10.5 Å². The second kappa shape index (κ2) is 4.35. The molecule has 0 saturated heterocycles. The van der Waals surface area contributed by atoms with Gasteiger partial charge in [0.1, 0.15) is 5.75 Å². The van der Waals surface area contributed by atoms with Crippen molar-refractivity contribution < 1.29 is 4.74 Å². The predicted molar refractivity (Wildman–Crippen MR) is 79.9 cm³/mol. The summed E-state index contributed by atoms with van der Waals surface area (Å²) in [5, 5.41) is 0. The largest absolute Gasteiger partial charge is 0.493 e. The van der Waals surface area contributed by atoms with E-state index in [1.54, 1.807) is 0 Å². The summed E-state index contributed by atoms with van der Waals surface area (Å²) < 4.78 is 5.80. The van der Waals surface area contributed by atoms with Crippen LogP contribution < -0.4 is 10.5 Å². The molecule has 0 aromatic heterocycles. The summed E-state index contributed by atoms with van der Waals surface area (Å²) in [4.78, 5) is 0. The van der Waals surface area contributed by atoms with E-state index in [0.717, 1.165) is 31.6 Å². The van der Waals surface area contributed by atoms with Crippen LogP contribution in [0.5, 0.6) is 5.75 Å². The van der Waals surface area contributed by atoms with Crippen molar-refractivity contribution in [2.75, 3.05) is 6.61 Å². The number of fused-ring (bicyclic) bond motifs is 2. The topological polar surface area (TPSA) is 35.2 Å². The molecule has 2 aromatic carbocycles. The third kappa shape index (κ3) is 1.75. The smallest absolute Gasteiger partial charge is 0.122 e. The molecule has 1 heterocycles. The van der Waals surface area contributed by atoms with Gasteiger partial charge in [-0.15, -0.1) is 0 Å². The molecule has 2 heteroatoms. The normalized spacial score (nSPS) is 26.9. The van der Waals surface area contributed by atoms with Gasteiger partial charge in [0.05, 0.1) is 6.61 Å². The summed E-state index contributed by atoms with van der Waals surface area (Å²) >= 11 is 0. The Bertz CT molecular complexity index is 651. The second-order valence-electron chi connectivity index (χ2n) is 6.06. The fourth-order valence-corrected chi connectivity index (χ4v) is 3.77. The first-order chi connectivity index (χ1) is 9.76. The zero-order valence-corrected chi connectivity index (χ0v) is 11.5. The lowest BCUT2D eigenvalue weighted by Crippen LogP contribution is -2.36. The highest BCUT2D eigenvalue weighted by Gasteiger charge is 2.39. The molecule has 2 unspecified atom stereocenters. The number of benzene rings is 2. The number of rotatable bonds is 2. The molecule has 0 amide bonds. The third-order valence-electron chi connectivity index (χ3n) is 4.80. The van der Waals surface area contributed by atoms with Crippen molar-refractivity contribution >= 4 is 0 Å². The van der Waals surface area contributed by atoms with E-state index in [1.165, 1.54) is 16.7 Å². The predicted octanol–water partition coefficient (Wildman–Crippen LogP) is 3.35. The van der Waals surface area contributed by atoms with Gasteiger partial charge in [-0.1, -0.05) is 42.5 Å². The van der Waals surface area contributed by atoms with Crippen LogP contribution in [0.15, 0.2) is 48.5 Å². The molecule has 0 radical (unpaired) electrons. The van der Waals surface area contributed by atoms with Crippen molar-refractivity contribution in [3.8, 4) is 5.75 Å². The monoisotopic (exact) mass is 265 g/mol. The molecule has 0 spiro atoms. The molecule has 1 aliphatic heterocycles. The van der Waals surface area contributed by atoms with Crippen LogP contribution in [0.1, 0.15) is 35.4 Å². The van der Waals surface area contributed by atoms with Gasteiger partial charge in [0.15, 0.2) is 0 Å². The lowest BCUT2D eigenvalue weighted by Gasteiger charge is -2.28. The molecular formula is C18H19NO. The van der Waals surface area contributed by atoms with Crippen LogP contribution in [0.3, 0.4) is 0 Å². The molecule has 2 nitrogen and oxygen atoms in total. The molecular weight excluding hydrogens is 246 g/mol. The van der Waals surface area contributed by atoms with E-state index in [0.29, 0.717) is 5.92 Å². The van der Waals surface area contributed by atoms with Crippen molar-refractivity contribution in [2.24, 2.45) is 5.73 Å². The van der Waals surface area contributed by atoms with Crippen LogP contribution in [0.25, 0.3) is 0 Å². The van der Waals surface area contributed by atoms with E-state index >= 15 is 0 Å². The summed E-state index contributed by atoms with van der Waals surface area (Å²) in [6.45, 7) is 0.764. The lowest BCUT2D eigenvalue weighted by molar-refractivity contribution is 0.288. The van der Waals surface area contributed by atoms with E-state index < -0.39 is 0 Å². The summed E-state index contributed by atoms with van der Waals surface area (Å²) in [5.41, 5.74) is 10.6. The summed E-state index contributed by atoms with van der Waals surface area (Å²) in [6, 6.07) is 17.0. The zero-order valence-electron chi connectivity index (χ0n) is 11.5. The minimum Gasteiger partial charge on any atom is -0.493 e. The number of ether oxygens (including phenoxy) is 1. The third-order valence-corrected chi connectivity index (χ3v) is 4.80. The molecule has 4 rings (SSSR count). The SMILES string of the molecule is NC1(CC2COc3ccccc32)CCc2ccccc21. The van der Waals surface area contributed by atoms with Gasteiger partial charge in [0.25, 0.3) is 0 Å². The molecule has 2 N–H and O–H groups in total. The highest BCUT2D eigenvalue weighted by molar-refractivity contribution is 5.43. The van der Waals surface area contributed by atoms with Crippen LogP contribution in [0, 0.1) is 0 Å². The second-order valence-corrected chi connectivity index (χ2v) is 6.06. The van der Waals surface area contributed by atoms with Crippen molar-refractivity contribution in [2.45, 2.75) is 30.7 Å². The maximum absolute atomic E-state index is 6.75. The summed E-state index contributed by atoms with van der Waals surface area (Å²) in [7, 11) is 0. The number of hydrogen-bond acceptors (Lipinski definition) is 2. The fourth-order valence-electron chi connectivity index (χ4n) is 3.77. The van der Waals surface area contributed by atoms with Crippen molar-refractivity contribution in [1.29, 1.82) is 0 Å². The maximum atomic E-state index is 6.75. The number of nitrogens with two attached hydrogens (primary N) is 1. The van der Waals surface area contributed by atoms with E-state index in [4.69, 9.17) is 10.5 Å². The van der Waals surface area contributed by atoms with Crippen molar-refractivity contribution in [3.05, 3.63) is 65.2 Å². The van der Waals surface area contributed by atoms with E-state index in [9.17, 15) is 0 Å². The first kappa shape index (κ1) is 12.0. The summed E-state index contributed by atoms with van der Waals surface area (Å²) in [5.74, 6) is 1.45. The number of aryl methyl sites for hydroxylation is 1. The molecule has 102 valence electrons. The van der Waals surface area contributed by atoms with Gasteiger partial charge in [0, 0.05) is 17.0 Å². The Balaban J connectivity index is 1.65. The zero-order chi connectivity index (χ0) is 13.6. The molecule has 0 saturated carbocycles. The van der Waals surface area contributed by atoms with Gasteiger partial charge in [-0.05, 0) is 36.5 Å². The van der Waals surface area contributed by atoms with E-state index in [2.05, 4.69) is 42.5 Å². The van der Waals surface area contributed by atoms with Crippen LogP contribution in [-0.2, 0) is 12.0 Å². The minimum absolute atomic E-state index is 0.192. The highest BCUT2D eigenvalue weighted by Crippen LogP contribution is 2.45. The Labute approximate surface area is 119 Å². The first-order valence-corrected chi connectivity index (χ1v) is 7.35. The van der Waals surface area contributed by atoms with Crippen LogP contribution in [0.2, 0.25) is 0 Å². The number of hydrogen-bond donors (Lipinski definition) is 1. The average molecular weight is 265 g/mol. The Morgan fingerprint density at radius 3 is 2.85 bits per heavy atom. The van der Waals surface area contributed by atoms with Crippen LogP contribution >= 0.6 is 0 Å². The van der Waals surface area contributed by atoms with Crippen molar-refractivity contribution in [3.63, 3.8) is 0 Å². The van der Waals surface area contributed by atoms with Crippen LogP contribution in [0.4, 0.5) is 0 Å². The van der Waals surface area contributed by atoms with Gasteiger partial charge in [0.2, 0.25) is 0 Å². The first-order valence-electron chi connectivity index (χ1n) is 7.35. The quantitative estimate of drug-likeness (QED) is 0.903. The summed E-state index contributed by atoms with van der Waals surface area (Å²) in [6.07, 6.45) is 3.12. The Morgan fingerprint density at radius 1 is 1.10 bits per heavy atom. The van der Waals surface area contributed by atoms with Gasteiger partial charge in [-0.2, -0.15) is 0 Å². The molecule has 0 bridgehead atoms. The van der Waals surface area contributed by atoms with Gasteiger partial charge in [-0.25, -0.2) is 0 Å². The molecule has 2 aliphatic rings. The fraction of sp³-hybridized carbons (Fsp3) is 0.333. The van der Waals surface area contributed by atoms with Gasteiger partial charge in [-0.3, -0.25) is 0 Å². The molecule has 1 aliphatic carbocycles. The van der Waals surface area contributed by atoms with E-state index in [1.807, 2.05) is 6.07 Å². The minimum atomic E-state index is -0.192. The standard InChI is InChI=1S/C18H19NO/c19-18(10-9-13-5-1-3-7-16(13)18)11-14-12-20-17-8-4-2-6-15(14)17/h1-8,14H,9-12,19H2. The maximum Gasteiger partial charge on any atom is 0.122 e. The molecule has 20 heavy (non-hydrogen) atoms. The Morgan fingerprint density at radius 2 is 1.90 bits per heavy atom. The Kier molecular flexibility index (Phi) is 2.61.